The summed E-state index contributed by atoms with van der Waals surface area (Å²) in [5, 5.41) is 13.4. The molecular weight excluding hydrogens is 300 g/mol. The number of amides is 1. The van der Waals surface area contributed by atoms with Crippen LogP contribution in [0.5, 0.6) is 0 Å². The molecular formula is C13H13ClN2O5. The molecule has 0 aliphatic heterocycles. The van der Waals surface area contributed by atoms with Crippen LogP contribution in [0.25, 0.3) is 0 Å². The van der Waals surface area contributed by atoms with Crippen molar-refractivity contribution in [2.75, 3.05) is 11.9 Å². The monoisotopic (exact) mass is 312 g/mol. The zero-order chi connectivity index (χ0) is 15.6. The van der Waals surface area contributed by atoms with E-state index in [4.69, 9.17) is 16.3 Å². The van der Waals surface area contributed by atoms with E-state index in [-0.39, 0.29) is 28.2 Å². The summed E-state index contributed by atoms with van der Waals surface area (Å²) < 4.78 is 4.85. The summed E-state index contributed by atoms with van der Waals surface area (Å²) in [5.41, 5.74) is -0.316. The number of ether oxygens (including phenoxy) is 1. The molecule has 1 fully saturated rings. The lowest BCUT2D eigenvalue weighted by atomic mass is 10.2. The minimum Gasteiger partial charge on any atom is -0.455 e. The van der Waals surface area contributed by atoms with E-state index in [2.05, 4.69) is 5.32 Å². The summed E-state index contributed by atoms with van der Waals surface area (Å²) in [4.78, 5) is 33.3. The quantitative estimate of drug-likeness (QED) is 0.511. The minimum atomic E-state index is -0.653. The second-order valence-corrected chi connectivity index (χ2v) is 5.33. The second kappa shape index (κ2) is 6.09. The van der Waals surface area contributed by atoms with Crippen molar-refractivity contribution in [2.24, 2.45) is 11.8 Å². The average molecular weight is 313 g/mol. The van der Waals surface area contributed by atoms with Crippen molar-refractivity contribution >= 4 is 34.9 Å². The molecule has 0 radical (unpaired) electrons. The number of nitrogens with one attached hydrogen (secondary N) is 1. The topological polar surface area (TPSA) is 98.5 Å². The summed E-state index contributed by atoms with van der Waals surface area (Å²) in [6, 6.07) is 3.88. The summed E-state index contributed by atoms with van der Waals surface area (Å²) in [6.07, 6.45) is 0.767. The van der Waals surface area contributed by atoms with Crippen LogP contribution in [0, 0.1) is 22.0 Å². The van der Waals surface area contributed by atoms with Crippen LogP contribution in [-0.2, 0) is 14.3 Å². The average Bonchev–Trinajstić information content (AvgIpc) is 3.15. The molecule has 1 aliphatic carbocycles. The number of esters is 1. The molecule has 0 saturated heterocycles. The fraction of sp³-hybridized carbons (Fsp3) is 0.385. The molecule has 0 bridgehead atoms. The third-order valence-corrected chi connectivity index (χ3v) is 3.42. The maximum Gasteiger partial charge on any atom is 0.309 e. The number of nitro benzene ring substituents is 1. The predicted molar refractivity (Wildman–Crippen MR) is 75.0 cm³/mol. The van der Waals surface area contributed by atoms with Gasteiger partial charge >= 0.3 is 5.97 Å². The first-order chi connectivity index (χ1) is 9.88. The zero-order valence-electron chi connectivity index (χ0n) is 11.2. The first-order valence-electron chi connectivity index (χ1n) is 6.29. The number of carbonyl (C=O) groups excluding carboxylic acids is 2. The maximum atomic E-state index is 11.7. The molecule has 1 aliphatic rings. The second-order valence-electron chi connectivity index (χ2n) is 4.89. The van der Waals surface area contributed by atoms with Gasteiger partial charge in [-0.3, -0.25) is 19.7 Å². The first kappa shape index (κ1) is 15.2. The van der Waals surface area contributed by atoms with Gasteiger partial charge < -0.3 is 10.1 Å². The Kier molecular flexibility index (Phi) is 4.42. The van der Waals surface area contributed by atoms with Gasteiger partial charge in [-0.1, -0.05) is 18.5 Å². The number of halogens is 1. The van der Waals surface area contributed by atoms with Crippen molar-refractivity contribution < 1.29 is 19.2 Å². The maximum absolute atomic E-state index is 11.7. The van der Waals surface area contributed by atoms with Crippen LogP contribution in [0.4, 0.5) is 11.4 Å². The number of anilines is 1. The van der Waals surface area contributed by atoms with E-state index in [0.29, 0.717) is 0 Å². The Hall–Kier alpha value is -2.15. The van der Waals surface area contributed by atoms with Gasteiger partial charge in [0.15, 0.2) is 6.61 Å². The summed E-state index contributed by atoms with van der Waals surface area (Å²) >= 11 is 5.67. The lowest BCUT2D eigenvalue weighted by molar-refractivity contribution is -0.383. The Labute approximate surface area is 125 Å². The lowest BCUT2D eigenvalue weighted by Crippen LogP contribution is -2.22. The third-order valence-electron chi connectivity index (χ3n) is 3.19. The molecule has 0 spiro atoms. The Bertz CT molecular complexity index is 604. The molecule has 1 N–H and O–H groups in total. The molecule has 2 rings (SSSR count). The number of benzene rings is 1. The molecule has 0 aromatic heterocycles. The molecule has 1 aromatic rings. The summed E-state index contributed by atoms with van der Waals surface area (Å²) in [7, 11) is 0. The summed E-state index contributed by atoms with van der Waals surface area (Å²) in [6.45, 7) is 1.45. The third kappa shape index (κ3) is 3.91. The molecule has 1 saturated carbocycles. The van der Waals surface area contributed by atoms with E-state index in [1.54, 1.807) is 0 Å². The highest BCUT2D eigenvalue weighted by Gasteiger charge is 2.40. The molecule has 1 amide bonds. The van der Waals surface area contributed by atoms with Crippen LogP contribution in [-0.4, -0.2) is 23.4 Å². The first-order valence-corrected chi connectivity index (χ1v) is 6.66. The van der Waals surface area contributed by atoms with Crippen molar-refractivity contribution in [1.29, 1.82) is 0 Å². The molecule has 112 valence electrons. The van der Waals surface area contributed by atoms with Gasteiger partial charge in [-0.25, -0.2) is 0 Å². The van der Waals surface area contributed by atoms with E-state index in [1.807, 2.05) is 6.92 Å². The zero-order valence-corrected chi connectivity index (χ0v) is 11.9. The molecule has 2 atom stereocenters. The van der Waals surface area contributed by atoms with E-state index >= 15 is 0 Å². The minimum absolute atomic E-state index is 0.00485. The number of carbonyl (C=O) groups is 2. The van der Waals surface area contributed by atoms with Crippen molar-refractivity contribution in [2.45, 2.75) is 13.3 Å². The van der Waals surface area contributed by atoms with Gasteiger partial charge in [0, 0.05) is 11.1 Å². The van der Waals surface area contributed by atoms with Crippen molar-refractivity contribution in [1.82, 2.24) is 0 Å². The molecule has 1 aromatic carbocycles. The summed E-state index contributed by atoms with van der Waals surface area (Å²) in [5.74, 6) is -0.897. The molecule has 0 heterocycles. The number of nitro groups is 1. The SMILES string of the molecule is C[C@@H]1C[C@H]1C(=O)OCC(=O)Nc1ccc(Cl)cc1[N+](=O)[O-]. The smallest absolute Gasteiger partial charge is 0.309 e. The van der Waals surface area contributed by atoms with Crippen molar-refractivity contribution in [3.63, 3.8) is 0 Å². The van der Waals surface area contributed by atoms with Gasteiger partial charge in [-0.05, 0) is 24.5 Å². The number of nitrogens with zero attached hydrogens (tertiary/aromatic N) is 1. The van der Waals surface area contributed by atoms with Gasteiger partial charge in [-0.15, -0.1) is 0 Å². The lowest BCUT2D eigenvalue weighted by Gasteiger charge is -2.07. The Morgan fingerprint density at radius 1 is 1.52 bits per heavy atom. The van der Waals surface area contributed by atoms with Crippen LogP contribution in [0.2, 0.25) is 5.02 Å². The predicted octanol–water partition coefficient (Wildman–Crippen LogP) is 2.39. The fourth-order valence-corrected chi connectivity index (χ4v) is 2.01. The van der Waals surface area contributed by atoms with Crippen LogP contribution < -0.4 is 5.32 Å². The number of hydrogen-bond acceptors (Lipinski definition) is 5. The number of rotatable bonds is 5. The standard InChI is InChI=1S/C13H13ClN2O5/c1-7-4-9(7)13(18)21-6-12(17)15-10-3-2-8(14)5-11(10)16(19)20/h2-3,5,7,9H,4,6H2,1H3,(H,15,17)/t7-,9-/m1/s1. The highest BCUT2D eigenvalue weighted by molar-refractivity contribution is 6.31. The molecule has 21 heavy (non-hydrogen) atoms. The van der Waals surface area contributed by atoms with Crippen molar-refractivity contribution in [3.05, 3.63) is 33.3 Å². The molecule has 8 heteroatoms. The normalized spacial score (nSPS) is 19.7. The molecule has 0 unspecified atom stereocenters. The van der Waals surface area contributed by atoms with Crippen LogP contribution in [0.15, 0.2) is 18.2 Å². The van der Waals surface area contributed by atoms with Gasteiger partial charge in [0.2, 0.25) is 0 Å². The number of hydrogen-bond donors (Lipinski definition) is 1. The highest BCUT2D eigenvalue weighted by atomic mass is 35.5. The van der Waals surface area contributed by atoms with Gasteiger partial charge in [0.25, 0.3) is 11.6 Å². The van der Waals surface area contributed by atoms with Crippen molar-refractivity contribution in [3.8, 4) is 0 Å². The van der Waals surface area contributed by atoms with E-state index in [0.717, 1.165) is 12.5 Å². The largest absolute Gasteiger partial charge is 0.455 e. The Morgan fingerprint density at radius 2 is 2.19 bits per heavy atom. The van der Waals surface area contributed by atoms with E-state index < -0.39 is 23.4 Å². The van der Waals surface area contributed by atoms with Gasteiger partial charge in [-0.2, -0.15) is 0 Å². The van der Waals surface area contributed by atoms with E-state index in [1.165, 1.54) is 12.1 Å². The van der Waals surface area contributed by atoms with Gasteiger partial charge in [0.1, 0.15) is 5.69 Å². The Morgan fingerprint density at radius 3 is 2.76 bits per heavy atom. The fourth-order valence-electron chi connectivity index (χ4n) is 1.84. The van der Waals surface area contributed by atoms with E-state index in [9.17, 15) is 19.7 Å². The molecule has 7 nitrogen and oxygen atoms in total. The van der Waals surface area contributed by atoms with Crippen LogP contribution >= 0.6 is 11.6 Å². The van der Waals surface area contributed by atoms with Crippen LogP contribution in [0.3, 0.4) is 0 Å². The van der Waals surface area contributed by atoms with Gasteiger partial charge in [0.05, 0.1) is 10.8 Å². The Balaban J connectivity index is 1.93. The van der Waals surface area contributed by atoms with Crippen LogP contribution in [0.1, 0.15) is 13.3 Å². The highest BCUT2D eigenvalue weighted by Crippen LogP contribution is 2.38.